The van der Waals surface area contributed by atoms with Crippen molar-refractivity contribution in [2.45, 2.75) is 11.8 Å². The monoisotopic (exact) mass is 344 g/mol. The molecule has 0 saturated carbocycles. The molecule has 1 aromatic carbocycles. The first kappa shape index (κ1) is 15.9. The van der Waals surface area contributed by atoms with Gasteiger partial charge in [0.05, 0.1) is 11.1 Å². The number of nitrogens with zero attached hydrogens (tertiary/aromatic N) is 4. The molecule has 0 bridgehead atoms. The summed E-state index contributed by atoms with van der Waals surface area (Å²) in [4.78, 5) is 21.9. The Hall–Kier alpha value is -2.94. The van der Waals surface area contributed by atoms with E-state index in [1.54, 1.807) is 0 Å². The predicted molar refractivity (Wildman–Crippen MR) is 87.8 cm³/mol. The summed E-state index contributed by atoms with van der Waals surface area (Å²) in [5.41, 5.74) is 0.409. The number of rotatable bonds is 6. The van der Waals surface area contributed by atoms with Gasteiger partial charge in [0.25, 0.3) is 16.5 Å². The van der Waals surface area contributed by atoms with E-state index in [-0.39, 0.29) is 11.2 Å². The fourth-order valence-corrected chi connectivity index (χ4v) is 2.70. The maximum absolute atomic E-state index is 11.7. The van der Waals surface area contributed by atoms with Gasteiger partial charge in [-0.1, -0.05) is 30.0 Å². The molecular formula is C15H12N4O4S. The van der Waals surface area contributed by atoms with Crippen LogP contribution in [0.15, 0.2) is 63.1 Å². The summed E-state index contributed by atoms with van der Waals surface area (Å²) in [5, 5.41) is 19.0. The molecule has 24 heavy (non-hydrogen) atoms. The lowest BCUT2D eigenvalue weighted by molar-refractivity contribution is -0.385. The van der Waals surface area contributed by atoms with Gasteiger partial charge < -0.3 is 8.98 Å². The molecule has 0 radical (unpaired) electrons. The Morgan fingerprint density at radius 3 is 2.71 bits per heavy atom. The highest BCUT2D eigenvalue weighted by Gasteiger charge is 2.10. The first-order valence-corrected chi connectivity index (χ1v) is 7.98. The van der Waals surface area contributed by atoms with Crippen LogP contribution in [0, 0.1) is 10.1 Å². The molecule has 0 aliphatic heterocycles. The smallest absolute Gasteiger partial charge is 0.285 e. The number of aromatic nitrogens is 3. The van der Waals surface area contributed by atoms with Crippen LogP contribution in [0.3, 0.4) is 0 Å². The minimum atomic E-state index is -0.534. The van der Waals surface area contributed by atoms with Gasteiger partial charge in [0, 0.05) is 30.0 Å². The van der Waals surface area contributed by atoms with Crippen molar-refractivity contribution in [3.63, 3.8) is 0 Å². The molecule has 9 heteroatoms. The molecule has 0 spiro atoms. The molecule has 2 aromatic heterocycles. The molecule has 0 N–H and O–H groups in total. The van der Waals surface area contributed by atoms with Crippen molar-refractivity contribution in [2.75, 3.05) is 5.75 Å². The van der Waals surface area contributed by atoms with Crippen LogP contribution < -0.4 is 5.56 Å². The Labute approximate surface area is 140 Å². The molecule has 122 valence electrons. The summed E-state index contributed by atoms with van der Waals surface area (Å²) in [6.45, 7) is 0.300. The Balaban J connectivity index is 1.63. The SMILES string of the molecule is O=c1ccc([N+](=O)[O-])cn1CCSc1nnc(-c2ccccc2)o1. The van der Waals surface area contributed by atoms with Gasteiger partial charge in [0.15, 0.2) is 0 Å². The van der Waals surface area contributed by atoms with Crippen molar-refractivity contribution >= 4 is 17.4 Å². The molecule has 8 nitrogen and oxygen atoms in total. The fourth-order valence-electron chi connectivity index (χ4n) is 2.00. The second-order valence-electron chi connectivity index (χ2n) is 4.76. The van der Waals surface area contributed by atoms with E-state index in [4.69, 9.17) is 4.42 Å². The standard InChI is InChI=1S/C15H12N4O4S/c20-13-7-6-12(19(21)22)10-18(13)8-9-24-15-17-16-14(23-15)11-4-2-1-3-5-11/h1-7,10H,8-9H2. The number of aryl methyl sites for hydroxylation is 1. The van der Waals surface area contributed by atoms with E-state index in [1.807, 2.05) is 30.3 Å². The third kappa shape index (κ3) is 3.69. The highest BCUT2D eigenvalue weighted by Crippen LogP contribution is 2.22. The Morgan fingerprint density at radius 2 is 1.96 bits per heavy atom. The molecule has 3 aromatic rings. The summed E-state index contributed by atoms with van der Waals surface area (Å²) in [6, 6.07) is 11.8. The third-order valence-electron chi connectivity index (χ3n) is 3.16. The van der Waals surface area contributed by atoms with Gasteiger partial charge >= 0.3 is 0 Å². The van der Waals surface area contributed by atoms with Crippen LogP contribution in [0.4, 0.5) is 5.69 Å². The van der Waals surface area contributed by atoms with Gasteiger partial charge in [-0.25, -0.2) is 0 Å². The number of nitro groups is 1. The van der Waals surface area contributed by atoms with Gasteiger partial charge in [-0.3, -0.25) is 14.9 Å². The number of thioether (sulfide) groups is 1. The van der Waals surface area contributed by atoms with Crippen LogP contribution >= 0.6 is 11.8 Å². The first-order chi connectivity index (χ1) is 11.6. The van der Waals surface area contributed by atoms with Crippen LogP contribution in [0.5, 0.6) is 0 Å². The lowest BCUT2D eigenvalue weighted by atomic mass is 10.2. The van der Waals surface area contributed by atoms with E-state index in [2.05, 4.69) is 10.2 Å². The molecule has 0 atom stereocenters. The van der Waals surface area contributed by atoms with Crippen molar-refractivity contribution < 1.29 is 9.34 Å². The first-order valence-electron chi connectivity index (χ1n) is 7.00. The molecule has 0 aliphatic rings. The second-order valence-corrected chi connectivity index (χ2v) is 5.81. The van der Waals surface area contributed by atoms with Crippen LogP contribution in [0.25, 0.3) is 11.5 Å². The normalized spacial score (nSPS) is 10.7. The molecule has 2 heterocycles. The molecule has 0 fully saturated rings. The minimum absolute atomic E-state index is 0.122. The largest absolute Gasteiger partial charge is 0.411 e. The van der Waals surface area contributed by atoms with Crippen molar-refractivity contribution in [2.24, 2.45) is 0 Å². The van der Waals surface area contributed by atoms with Gasteiger partial charge in [-0.05, 0) is 12.1 Å². The molecule has 0 aliphatic carbocycles. The van der Waals surface area contributed by atoms with Crippen LogP contribution in [0.2, 0.25) is 0 Å². The lowest BCUT2D eigenvalue weighted by Crippen LogP contribution is -2.19. The highest BCUT2D eigenvalue weighted by atomic mass is 32.2. The Bertz CT molecular complexity index is 907. The summed E-state index contributed by atoms with van der Waals surface area (Å²) in [7, 11) is 0. The van der Waals surface area contributed by atoms with E-state index in [0.29, 0.717) is 23.4 Å². The van der Waals surface area contributed by atoms with Crippen LogP contribution in [-0.4, -0.2) is 25.4 Å². The molecule has 3 rings (SSSR count). The summed E-state index contributed by atoms with van der Waals surface area (Å²) < 4.78 is 6.84. The maximum atomic E-state index is 11.7. The van der Waals surface area contributed by atoms with Crippen molar-refractivity contribution in [3.05, 3.63) is 69.1 Å². The van der Waals surface area contributed by atoms with E-state index < -0.39 is 4.92 Å². The number of hydrogen-bond donors (Lipinski definition) is 0. The Morgan fingerprint density at radius 1 is 1.17 bits per heavy atom. The number of pyridine rings is 1. The average molecular weight is 344 g/mol. The lowest BCUT2D eigenvalue weighted by Gasteiger charge is -2.03. The predicted octanol–water partition coefficient (Wildman–Crippen LogP) is 2.60. The summed E-state index contributed by atoms with van der Waals surface area (Å²) in [6.07, 6.45) is 1.23. The van der Waals surface area contributed by atoms with Crippen molar-refractivity contribution in [1.29, 1.82) is 0 Å². The maximum Gasteiger partial charge on any atom is 0.285 e. The molecule has 0 unspecified atom stereocenters. The molecular weight excluding hydrogens is 332 g/mol. The van der Waals surface area contributed by atoms with E-state index in [0.717, 1.165) is 5.56 Å². The highest BCUT2D eigenvalue weighted by molar-refractivity contribution is 7.99. The summed E-state index contributed by atoms with van der Waals surface area (Å²) >= 11 is 1.28. The van der Waals surface area contributed by atoms with E-state index >= 15 is 0 Å². The molecule has 0 amide bonds. The van der Waals surface area contributed by atoms with Crippen molar-refractivity contribution in [1.82, 2.24) is 14.8 Å². The topological polar surface area (TPSA) is 104 Å². The summed E-state index contributed by atoms with van der Waals surface area (Å²) in [5.74, 6) is 0.892. The second kappa shape index (κ2) is 7.09. The van der Waals surface area contributed by atoms with Gasteiger partial charge in [-0.2, -0.15) is 0 Å². The fraction of sp³-hybridized carbons (Fsp3) is 0.133. The molecule has 0 saturated heterocycles. The van der Waals surface area contributed by atoms with E-state index in [9.17, 15) is 14.9 Å². The number of hydrogen-bond acceptors (Lipinski definition) is 7. The van der Waals surface area contributed by atoms with E-state index in [1.165, 1.54) is 34.7 Å². The zero-order chi connectivity index (χ0) is 16.9. The van der Waals surface area contributed by atoms with Gasteiger partial charge in [0.1, 0.15) is 0 Å². The zero-order valence-corrected chi connectivity index (χ0v) is 13.2. The zero-order valence-electron chi connectivity index (χ0n) is 12.4. The van der Waals surface area contributed by atoms with Gasteiger partial charge in [0.2, 0.25) is 5.89 Å². The van der Waals surface area contributed by atoms with Gasteiger partial charge in [-0.15, -0.1) is 10.2 Å². The van der Waals surface area contributed by atoms with Crippen LogP contribution in [0.1, 0.15) is 0 Å². The quantitative estimate of drug-likeness (QED) is 0.384. The van der Waals surface area contributed by atoms with Crippen LogP contribution in [-0.2, 0) is 6.54 Å². The average Bonchev–Trinajstić information content (AvgIpc) is 3.06. The third-order valence-corrected chi connectivity index (χ3v) is 3.96. The van der Waals surface area contributed by atoms with Crippen molar-refractivity contribution in [3.8, 4) is 11.5 Å². The number of benzene rings is 1. The minimum Gasteiger partial charge on any atom is -0.411 e. The Kier molecular flexibility index (Phi) is 4.71.